The van der Waals surface area contributed by atoms with Gasteiger partial charge in [0.2, 0.25) is 0 Å². The predicted octanol–water partition coefficient (Wildman–Crippen LogP) is 4.39. The van der Waals surface area contributed by atoms with E-state index < -0.39 is 21.2 Å². The molecule has 4 rings (SSSR count). The summed E-state index contributed by atoms with van der Waals surface area (Å²) in [6, 6.07) is 10.6. The average Bonchev–Trinajstić information content (AvgIpc) is 3.02. The fourth-order valence-corrected chi connectivity index (χ4v) is 6.08. The molecular formula is C29H40ClF2N7O4S. The lowest BCUT2D eigenvalue weighted by molar-refractivity contribution is 0.0455. The molecule has 1 saturated heterocycles. The standard InChI is InChI=1S/C29H40ClF2N7O4S/c1-20(17-43-14-11-36-44(40,41)28(31)32)37-21-5-7-22(8-6-21)38-27-15-23(24(30)16-34-27)25-3-2-4-26(39-25)35-19-29(18-33)9-12-42-13-10-29/h2-4,15-16,20-22,28,36-37H,5-14,17,19H2,1H3,(H,34,38)(H,35,39). The first kappa shape index (κ1) is 34.2. The first-order valence-electron chi connectivity index (χ1n) is 14.8. The fraction of sp³-hybridized carbons (Fsp3) is 0.621. The second kappa shape index (κ2) is 16.1. The molecule has 1 atom stereocenters. The van der Waals surface area contributed by atoms with E-state index in [1.165, 1.54) is 0 Å². The van der Waals surface area contributed by atoms with Crippen LogP contribution in [-0.4, -0.2) is 81.8 Å². The van der Waals surface area contributed by atoms with E-state index in [0.717, 1.165) is 37.1 Å². The Balaban J connectivity index is 1.23. The Morgan fingerprint density at radius 2 is 1.91 bits per heavy atom. The van der Waals surface area contributed by atoms with Crippen molar-refractivity contribution in [3.05, 3.63) is 35.5 Å². The molecule has 0 radical (unpaired) electrons. The lowest BCUT2D eigenvalue weighted by Crippen LogP contribution is -2.43. The molecule has 0 aromatic carbocycles. The Kier molecular flexibility index (Phi) is 12.5. The summed E-state index contributed by atoms with van der Waals surface area (Å²) in [6.45, 7) is 3.79. The van der Waals surface area contributed by atoms with Gasteiger partial charge in [-0.15, -0.1) is 0 Å². The number of halogens is 3. The summed E-state index contributed by atoms with van der Waals surface area (Å²) in [4.78, 5) is 9.25. The molecule has 1 saturated carbocycles. The minimum absolute atomic E-state index is 0.0127. The summed E-state index contributed by atoms with van der Waals surface area (Å²) in [5, 5.41) is 20.6. The van der Waals surface area contributed by atoms with Crippen molar-refractivity contribution in [1.29, 1.82) is 5.26 Å². The maximum atomic E-state index is 12.3. The number of aromatic nitrogens is 2. The number of ether oxygens (including phenoxy) is 2. The Morgan fingerprint density at radius 3 is 2.61 bits per heavy atom. The van der Waals surface area contributed by atoms with Crippen molar-refractivity contribution in [1.82, 2.24) is 20.0 Å². The minimum Gasteiger partial charge on any atom is -0.381 e. The van der Waals surface area contributed by atoms with Crippen molar-refractivity contribution in [3.8, 4) is 17.3 Å². The van der Waals surface area contributed by atoms with Crippen molar-refractivity contribution in [2.75, 3.05) is 50.2 Å². The molecule has 0 amide bonds. The summed E-state index contributed by atoms with van der Waals surface area (Å²) in [5.41, 5.74) is 1.01. The summed E-state index contributed by atoms with van der Waals surface area (Å²) in [5.74, 6) is -2.06. The molecule has 1 aliphatic heterocycles. The highest BCUT2D eigenvalue weighted by molar-refractivity contribution is 7.89. The van der Waals surface area contributed by atoms with Gasteiger partial charge in [-0.3, -0.25) is 0 Å². The second-order valence-electron chi connectivity index (χ2n) is 11.4. The van der Waals surface area contributed by atoms with Crippen LogP contribution >= 0.6 is 11.6 Å². The Morgan fingerprint density at radius 1 is 1.18 bits per heavy atom. The summed E-state index contributed by atoms with van der Waals surface area (Å²) < 4.78 is 59.5. The number of pyridine rings is 2. The highest BCUT2D eigenvalue weighted by atomic mass is 35.5. The maximum Gasteiger partial charge on any atom is 0.350 e. The smallest absolute Gasteiger partial charge is 0.350 e. The largest absolute Gasteiger partial charge is 0.381 e. The molecule has 15 heteroatoms. The van der Waals surface area contributed by atoms with Crippen molar-refractivity contribution in [2.24, 2.45) is 5.41 Å². The SMILES string of the molecule is CC(COCCNS(=O)(=O)C(F)F)NC1CCC(Nc2cc(-c3cccc(NCC4(C#N)CCOCC4)n3)c(Cl)cn2)CC1. The molecule has 44 heavy (non-hydrogen) atoms. The molecule has 0 bridgehead atoms. The van der Waals surface area contributed by atoms with E-state index in [-0.39, 0.29) is 25.2 Å². The van der Waals surface area contributed by atoms with Gasteiger partial charge in [0.15, 0.2) is 0 Å². The number of nitrogens with one attached hydrogen (secondary N) is 4. The predicted molar refractivity (Wildman–Crippen MR) is 165 cm³/mol. The molecule has 4 N–H and O–H groups in total. The zero-order valence-electron chi connectivity index (χ0n) is 24.7. The van der Waals surface area contributed by atoms with E-state index >= 15 is 0 Å². The molecule has 2 aliphatic rings. The van der Waals surface area contributed by atoms with Gasteiger partial charge in [-0.05, 0) is 63.6 Å². The third kappa shape index (κ3) is 9.92. The monoisotopic (exact) mass is 655 g/mol. The first-order chi connectivity index (χ1) is 21.1. The van der Waals surface area contributed by atoms with Gasteiger partial charge in [0, 0.05) is 56.2 Å². The number of anilines is 2. The third-order valence-electron chi connectivity index (χ3n) is 7.93. The van der Waals surface area contributed by atoms with Gasteiger partial charge in [0.25, 0.3) is 10.0 Å². The van der Waals surface area contributed by atoms with Crippen LogP contribution in [-0.2, 0) is 19.5 Å². The number of hydrogen-bond acceptors (Lipinski definition) is 10. The molecule has 1 aliphatic carbocycles. The number of alkyl halides is 2. The van der Waals surface area contributed by atoms with Gasteiger partial charge in [0.1, 0.15) is 11.6 Å². The third-order valence-corrected chi connectivity index (χ3v) is 9.30. The number of sulfonamides is 1. The van der Waals surface area contributed by atoms with E-state index in [4.69, 9.17) is 26.1 Å². The fourth-order valence-electron chi connectivity index (χ4n) is 5.39. The van der Waals surface area contributed by atoms with Crippen LogP contribution in [0.2, 0.25) is 5.02 Å². The highest BCUT2D eigenvalue weighted by Gasteiger charge is 2.32. The molecule has 0 spiro atoms. The van der Waals surface area contributed by atoms with Crippen LogP contribution in [0.4, 0.5) is 20.4 Å². The van der Waals surface area contributed by atoms with E-state index in [0.29, 0.717) is 61.8 Å². The molecule has 2 fully saturated rings. The normalized spacial score (nSPS) is 21.0. The molecule has 1 unspecified atom stereocenters. The van der Waals surface area contributed by atoms with Crippen LogP contribution in [0.25, 0.3) is 11.3 Å². The van der Waals surface area contributed by atoms with Crippen LogP contribution in [0.1, 0.15) is 45.4 Å². The molecule has 3 heterocycles. The van der Waals surface area contributed by atoms with Crippen LogP contribution in [0.5, 0.6) is 0 Å². The maximum absolute atomic E-state index is 12.3. The van der Waals surface area contributed by atoms with Crippen LogP contribution in [0, 0.1) is 16.7 Å². The van der Waals surface area contributed by atoms with Gasteiger partial charge in [-0.2, -0.15) is 14.0 Å². The van der Waals surface area contributed by atoms with Crippen LogP contribution < -0.4 is 20.7 Å². The van der Waals surface area contributed by atoms with Crippen LogP contribution in [0.15, 0.2) is 30.5 Å². The van der Waals surface area contributed by atoms with Crippen LogP contribution in [0.3, 0.4) is 0 Å². The topological polar surface area (TPSA) is 150 Å². The summed E-state index contributed by atoms with van der Waals surface area (Å²) >= 11 is 6.54. The lowest BCUT2D eigenvalue weighted by Gasteiger charge is -2.32. The molecule has 2 aromatic rings. The number of rotatable bonds is 15. The molecular weight excluding hydrogens is 616 g/mol. The van der Waals surface area contributed by atoms with Crippen molar-refractivity contribution in [2.45, 2.75) is 69.3 Å². The minimum atomic E-state index is -4.59. The van der Waals surface area contributed by atoms with Gasteiger partial charge in [-0.1, -0.05) is 17.7 Å². The van der Waals surface area contributed by atoms with Crippen molar-refractivity contribution < 1.29 is 26.7 Å². The van der Waals surface area contributed by atoms with E-state index in [1.54, 1.807) is 6.20 Å². The Hall–Kier alpha value is -2.67. The van der Waals surface area contributed by atoms with Gasteiger partial charge < -0.3 is 25.4 Å². The zero-order valence-corrected chi connectivity index (χ0v) is 26.3. The molecule has 11 nitrogen and oxygen atoms in total. The zero-order chi connectivity index (χ0) is 31.6. The Labute approximate surface area is 262 Å². The van der Waals surface area contributed by atoms with Gasteiger partial charge >= 0.3 is 5.76 Å². The van der Waals surface area contributed by atoms with E-state index in [2.05, 4.69) is 27.0 Å². The first-order valence-corrected chi connectivity index (χ1v) is 16.7. The number of hydrogen-bond donors (Lipinski definition) is 4. The Bertz CT molecular complexity index is 1370. The quantitative estimate of drug-likeness (QED) is 0.204. The van der Waals surface area contributed by atoms with E-state index in [1.807, 2.05) is 35.9 Å². The van der Waals surface area contributed by atoms with Crippen molar-refractivity contribution in [3.63, 3.8) is 0 Å². The second-order valence-corrected chi connectivity index (χ2v) is 13.5. The van der Waals surface area contributed by atoms with Gasteiger partial charge in [0.05, 0.1) is 35.4 Å². The summed E-state index contributed by atoms with van der Waals surface area (Å²) in [7, 11) is -4.59. The average molecular weight is 656 g/mol. The highest BCUT2D eigenvalue weighted by Crippen LogP contribution is 2.32. The van der Waals surface area contributed by atoms with Crippen molar-refractivity contribution >= 4 is 33.3 Å². The number of nitriles is 1. The number of nitrogens with zero attached hydrogens (tertiary/aromatic N) is 3. The van der Waals surface area contributed by atoms with E-state index in [9.17, 15) is 22.5 Å². The van der Waals surface area contributed by atoms with Gasteiger partial charge in [-0.25, -0.2) is 23.1 Å². The lowest BCUT2D eigenvalue weighted by atomic mass is 9.82. The molecule has 242 valence electrons. The summed E-state index contributed by atoms with van der Waals surface area (Å²) in [6.07, 6.45) is 6.76. The molecule has 2 aromatic heterocycles.